The van der Waals surface area contributed by atoms with Crippen molar-refractivity contribution in [3.63, 3.8) is 0 Å². The fourth-order valence-corrected chi connectivity index (χ4v) is 0.644. The van der Waals surface area contributed by atoms with Gasteiger partial charge in [-0.15, -0.1) is 4.91 Å². The molecule has 0 radical (unpaired) electrons. The number of carbonyl (C=O) groups excluding carboxylic acids is 1. The molecule has 0 saturated heterocycles. The van der Waals surface area contributed by atoms with E-state index in [4.69, 9.17) is 5.73 Å². The first-order valence-corrected chi connectivity index (χ1v) is 3.34. The zero-order valence-electron chi connectivity index (χ0n) is 6.04. The van der Waals surface area contributed by atoms with Gasteiger partial charge in [-0.1, -0.05) is 24.9 Å². The molecule has 0 aliphatic rings. The number of nitrogens with zero attached hydrogens (tertiary/aromatic N) is 1. The van der Waals surface area contributed by atoms with E-state index < -0.39 is 11.9 Å². The molecule has 0 aromatic carbocycles. The molecule has 0 bridgehead atoms. The van der Waals surface area contributed by atoms with E-state index in [9.17, 15) is 9.70 Å². The Balaban J connectivity index is 3.60. The molecule has 1 unspecified atom stereocenters. The van der Waals surface area contributed by atoms with Crippen LogP contribution in [0.15, 0.2) is 5.18 Å². The van der Waals surface area contributed by atoms with E-state index in [0.29, 0.717) is 6.42 Å². The molecule has 0 fully saturated rings. The van der Waals surface area contributed by atoms with Crippen molar-refractivity contribution in [3.05, 3.63) is 4.91 Å². The van der Waals surface area contributed by atoms with Gasteiger partial charge in [0, 0.05) is 0 Å². The van der Waals surface area contributed by atoms with Crippen LogP contribution in [0.3, 0.4) is 0 Å². The smallest absolute Gasteiger partial charge is 0.245 e. The Labute approximate surface area is 59.8 Å². The van der Waals surface area contributed by atoms with Crippen LogP contribution in [-0.4, -0.2) is 11.9 Å². The van der Waals surface area contributed by atoms with Crippen molar-refractivity contribution in [1.82, 2.24) is 0 Å². The molecule has 0 heterocycles. The summed E-state index contributed by atoms with van der Waals surface area (Å²) in [5, 5.41) is 2.60. The highest BCUT2D eigenvalue weighted by Crippen LogP contribution is 2.02. The molecule has 0 saturated carbocycles. The highest BCUT2D eigenvalue weighted by atomic mass is 16.3. The van der Waals surface area contributed by atoms with Crippen molar-refractivity contribution in [2.75, 3.05) is 0 Å². The Morgan fingerprint density at radius 2 is 2.30 bits per heavy atom. The van der Waals surface area contributed by atoms with E-state index in [-0.39, 0.29) is 0 Å². The Bertz CT molecular complexity index is 125. The molecule has 0 aromatic heterocycles. The predicted octanol–water partition coefficient (Wildman–Crippen LogP) is 0.797. The summed E-state index contributed by atoms with van der Waals surface area (Å²) in [7, 11) is 0. The van der Waals surface area contributed by atoms with E-state index in [1.807, 2.05) is 6.92 Å². The minimum atomic E-state index is -0.819. The largest absolute Gasteiger partial charge is 0.368 e. The number of hydrogen-bond donors (Lipinski definition) is 1. The highest BCUT2D eigenvalue weighted by Gasteiger charge is 2.13. The van der Waals surface area contributed by atoms with E-state index >= 15 is 0 Å². The average molecular weight is 144 g/mol. The van der Waals surface area contributed by atoms with Crippen molar-refractivity contribution in [3.8, 4) is 0 Å². The minimum Gasteiger partial charge on any atom is -0.368 e. The predicted molar refractivity (Wildman–Crippen MR) is 38.3 cm³/mol. The second-order valence-electron chi connectivity index (χ2n) is 2.17. The second kappa shape index (κ2) is 4.90. The molecule has 0 rings (SSSR count). The van der Waals surface area contributed by atoms with Gasteiger partial charge >= 0.3 is 0 Å². The van der Waals surface area contributed by atoms with Crippen LogP contribution in [0.1, 0.15) is 26.2 Å². The average Bonchev–Trinajstić information content (AvgIpc) is 1.89. The molecule has 0 spiro atoms. The first kappa shape index (κ1) is 9.07. The molecule has 1 amide bonds. The van der Waals surface area contributed by atoms with Gasteiger partial charge in [0.15, 0.2) is 6.04 Å². The third-order valence-corrected chi connectivity index (χ3v) is 1.29. The van der Waals surface area contributed by atoms with Crippen LogP contribution in [0.5, 0.6) is 0 Å². The first-order valence-electron chi connectivity index (χ1n) is 3.34. The van der Waals surface area contributed by atoms with Crippen LogP contribution in [-0.2, 0) is 4.79 Å². The van der Waals surface area contributed by atoms with E-state index in [0.717, 1.165) is 12.8 Å². The Morgan fingerprint density at radius 1 is 1.70 bits per heavy atom. The minimum absolute atomic E-state index is 0.481. The summed E-state index contributed by atoms with van der Waals surface area (Å²) in [4.78, 5) is 20.3. The fraction of sp³-hybridized carbons (Fsp3) is 0.833. The molecule has 4 heteroatoms. The Kier molecular flexibility index (Phi) is 4.45. The van der Waals surface area contributed by atoms with Crippen molar-refractivity contribution in [2.45, 2.75) is 32.2 Å². The van der Waals surface area contributed by atoms with Gasteiger partial charge in [-0.2, -0.15) is 0 Å². The maximum Gasteiger partial charge on any atom is 0.245 e. The standard InChI is InChI=1S/C6H12N2O2/c1-2-3-4-5(8-10)6(7)9/h5H,2-4H2,1H3,(H2,7,9). The van der Waals surface area contributed by atoms with Gasteiger partial charge in [-0.25, -0.2) is 0 Å². The maximum atomic E-state index is 10.4. The normalized spacial score (nSPS) is 12.5. The molecule has 10 heavy (non-hydrogen) atoms. The van der Waals surface area contributed by atoms with Crippen LogP contribution < -0.4 is 5.73 Å². The third-order valence-electron chi connectivity index (χ3n) is 1.29. The van der Waals surface area contributed by atoms with Gasteiger partial charge in [0.1, 0.15) is 0 Å². The van der Waals surface area contributed by atoms with Gasteiger partial charge in [-0.05, 0) is 6.42 Å². The molecule has 0 aliphatic heterocycles. The molecule has 0 aliphatic carbocycles. The quantitative estimate of drug-likeness (QED) is 0.579. The summed E-state index contributed by atoms with van der Waals surface area (Å²) in [6.45, 7) is 1.98. The van der Waals surface area contributed by atoms with Crippen LogP contribution in [0.4, 0.5) is 0 Å². The SMILES string of the molecule is CCCCC(N=O)C(N)=O. The van der Waals surface area contributed by atoms with Gasteiger partial charge in [-0.3, -0.25) is 4.79 Å². The lowest BCUT2D eigenvalue weighted by atomic mass is 10.1. The number of primary amides is 1. The topological polar surface area (TPSA) is 72.5 Å². The van der Waals surface area contributed by atoms with Crippen LogP contribution in [0.2, 0.25) is 0 Å². The zero-order valence-corrected chi connectivity index (χ0v) is 6.04. The molecule has 2 N–H and O–H groups in total. The molecule has 58 valence electrons. The molecule has 4 nitrogen and oxygen atoms in total. The number of nitroso groups, excluding NO2 is 1. The summed E-state index contributed by atoms with van der Waals surface area (Å²) in [5.41, 5.74) is 4.86. The summed E-state index contributed by atoms with van der Waals surface area (Å²) in [5.74, 6) is -0.622. The van der Waals surface area contributed by atoms with Gasteiger partial charge in [0.2, 0.25) is 5.91 Å². The van der Waals surface area contributed by atoms with Crippen LogP contribution >= 0.6 is 0 Å². The Morgan fingerprint density at radius 3 is 2.60 bits per heavy atom. The fourth-order valence-electron chi connectivity index (χ4n) is 0.644. The van der Waals surface area contributed by atoms with Gasteiger partial charge in [0.05, 0.1) is 0 Å². The number of hydrogen-bond acceptors (Lipinski definition) is 3. The van der Waals surface area contributed by atoms with Gasteiger partial charge in [0.25, 0.3) is 0 Å². The van der Waals surface area contributed by atoms with Crippen molar-refractivity contribution in [1.29, 1.82) is 0 Å². The lowest BCUT2D eigenvalue weighted by Crippen LogP contribution is -2.26. The van der Waals surface area contributed by atoms with Gasteiger partial charge < -0.3 is 5.73 Å². The monoisotopic (exact) mass is 144 g/mol. The zero-order chi connectivity index (χ0) is 7.98. The van der Waals surface area contributed by atoms with E-state index in [1.54, 1.807) is 0 Å². The highest BCUT2D eigenvalue weighted by molar-refractivity contribution is 5.79. The molecular weight excluding hydrogens is 132 g/mol. The third kappa shape index (κ3) is 3.17. The molecule has 0 aromatic rings. The lowest BCUT2D eigenvalue weighted by Gasteiger charge is -2.00. The number of amides is 1. The van der Waals surface area contributed by atoms with E-state index in [2.05, 4.69) is 5.18 Å². The van der Waals surface area contributed by atoms with Crippen molar-refractivity contribution < 1.29 is 4.79 Å². The number of nitrogens with two attached hydrogens (primary N) is 1. The van der Waals surface area contributed by atoms with Crippen LogP contribution in [0.25, 0.3) is 0 Å². The number of rotatable bonds is 5. The molecular formula is C6H12N2O2. The van der Waals surface area contributed by atoms with Crippen LogP contribution in [0, 0.1) is 4.91 Å². The van der Waals surface area contributed by atoms with Crippen molar-refractivity contribution >= 4 is 5.91 Å². The first-order chi connectivity index (χ1) is 4.72. The summed E-state index contributed by atoms with van der Waals surface area (Å²) < 4.78 is 0. The molecule has 1 atom stereocenters. The summed E-state index contributed by atoms with van der Waals surface area (Å²) in [6.07, 6.45) is 2.24. The van der Waals surface area contributed by atoms with Crippen molar-refractivity contribution in [2.24, 2.45) is 10.9 Å². The Hall–Kier alpha value is -0.930. The second-order valence-corrected chi connectivity index (χ2v) is 2.17. The lowest BCUT2D eigenvalue weighted by molar-refractivity contribution is -0.119. The summed E-state index contributed by atoms with van der Waals surface area (Å²) in [6, 6.07) is -0.819. The summed E-state index contributed by atoms with van der Waals surface area (Å²) >= 11 is 0. The maximum absolute atomic E-state index is 10.4. The van der Waals surface area contributed by atoms with E-state index in [1.165, 1.54) is 0 Å². The number of unbranched alkanes of at least 4 members (excludes halogenated alkanes) is 1. The number of carbonyl (C=O) groups is 1.